The first-order chi connectivity index (χ1) is 10.6. The molecule has 0 saturated carbocycles. The van der Waals surface area contributed by atoms with E-state index in [0.29, 0.717) is 12.1 Å². The van der Waals surface area contributed by atoms with E-state index in [9.17, 15) is 9.59 Å². The first-order valence-electron chi connectivity index (χ1n) is 6.97. The number of aryl methyl sites for hydroxylation is 3. The Morgan fingerprint density at radius 1 is 1.32 bits per heavy atom. The number of rotatable bonds is 5. The summed E-state index contributed by atoms with van der Waals surface area (Å²) in [5.74, 6) is -0.672. The van der Waals surface area contributed by atoms with Crippen LogP contribution in [0.1, 0.15) is 16.7 Å². The second-order valence-electron chi connectivity index (χ2n) is 5.01. The van der Waals surface area contributed by atoms with Crippen LogP contribution in [-0.4, -0.2) is 15.7 Å². The minimum Gasteiger partial charge on any atom is -0.315 e. The summed E-state index contributed by atoms with van der Waals surface area (Å²) in [6.07, 6.45) is 4.98. The van der Waals surface area contributed by atoms with Crippen molar-refractivity contribution in [2.24, 2.45) is 0 Å². The van der Waals surface area contributed by atoms with Crippen molar-refractivity contribution < 1.29 is 10.0 Å². The van der Waals surface area contributed by atoms with E-state index < -0.39 is 5.91 Å². The Bertz CT molecular complexity index is 748. The van der Waals surface area contributed by atoms with Gasteiger partial charge < -0.3 is 4.57 Å². The monoisotopic (exact) mass is 298 g/mol. The summed E-state index contributed by atoms with van der Waals surface area (Å²) in [4.78, 5) is 23.2. The van der Waals surface area contributed by atoms with E-state index in [1.165, 1.54) is 22.7 Å². The Balaban J connectivity index is 2.14. The molecule has 0 aliphatic heterocycles. The Kier molecular flexibility index (Phi) is 5.27. The van der Waals surface area contributed by atoms with Gasteiger partial charge in [0.05, 0.1) is 0 Å². The molecule has 0 radical (unpaired) electrons. The van der Waals surface area contributed by atoms with Gasteiger partial charge in [-0.05, 0) is 37.1 Å². The van der Waals surface area contributed by atoms with Crippen molar-refractivity contribution in [3.05, 3.63) is 75.7 Å². The number of amides is 1. The molecule has 2 N–H and O–H groups in total. The van der Waals surface area contributed by atoms with Gasteiger partial charge >= 0.3 is 0 Å². The molecule has 0 unspecified atom stereocenters. The molecule has 2 rings (SSSR count). The van der Waals surface area contributed by atoms with Crippen molar-refractivity contribution in [1.82, 2.24) is 10.0 Å². The number of benzene rings is 1. The molecule has 5 heteroatoms. The number of hydrogen-bond acceptors (Lipinski definition) is 3. The smallest absolute Gasteiger partial charge is 0.267 e. The highest BCUT2D eigenvalue weighted by Crippen LogP contribution is 2.05. The van der Waals surface area contributed by atoms with Crippen molar-refractivity contribution in [2.45, 2.75) is 19.9 Å². The summed E-state index contributed by atoms with van der Waals surface area (Å²) in [6, 6.07) is 11.6. The van der Waals surface area contributed by atoms with Gasteiger partial charge in [-0.2, -0.15) is 0 Å². The average Bonchev–Trinajstić information content (AvgIpc) is 2.52. The molecule has 1 amide bonds. The van der Waals surface area contributed by atoms with Gasteiger partial charge in [0.1, 0.15) is 0 Å². The quantitative estimate of drug-likeness (QED) is 0.503. The third-order valence-electron chi connectivity index (χ3n) is 3.30. The lowest BCUT2D eigenvalue weighted by atomic mass is 10.1. The van der Waals surface area contributed by atoms with Gasteiger partial charge in [-0.1, -0.05) is 29.8 Å². The van der Waals surface area contributed by atoms with Gasteiger partial charge in [0.25, 0.3) is 11.5 Å². The topological polar surface area (TPSA) is 71.3 Å². The van der Waals surface area contributed by atoms with E-state index in [1.807, 2.05) is 25.1 Å². The van der Waals surface area contributed by atoms with Crippen LogP contribution in [0.15, 0.2) is 53.5 Å². The normalized spacial score (nSPS) is 10.8. The summed E-state index contributed by atoms with van der Waals surface area (Å²) in [5.41, 5.74) is 4.08. The second-order valence-corrected chi connectivity index (χ2v) is 5.01. The van der Waals surface area contributed by atoms with Gasteiger partial charge in [0, 0.05) is 24.4 Å². The molecule has 2 aromatic rings. The minimum atomic E-state index is -0.672. The van der Waals surface area contributed by atoms with Gasteiger partial charge in [-0.3, -0.25) is 14.8 Å². The molecule has 0 aliphatic carbocycles. The van der Waals surface area contributed by atoms with E-state index in [2.05, 4.69) is 6.07 Å². The third-order valence-corrected chi connectivity index (χ3v) is 3.30. The van der Waals surface area contributed by atoms with Crippen LogP contribution in [0.3, 0.4) is 0 Å². The number of nitrogens with one attached hydrogen (secondary N) is 1. The van der Waals surface area contributed by atoms with Crippen molar-refractivity contribution in [3.63, 3.8) is 0 Å². The Morgan fingerprint density at radius 3 is 2.86 bits per heavy atom. The lowest BCUT2D eigenvalue weighted by Gasteiger charge is -2.07. The van der Waals surface area contributed by atoms with Gasteiger partial charge in [0.15, 0.2) is 0 Å². The van der Waals surface area contributed by atoms with Crippen molar-refractivity contribution in [3.8, 4) is 0 Å². The molecule has 0 saturated heterocycles. The zero-order valence-corrected chi connectivity index (χ0v) is 12.3. The number of pyridine rings is 1. The number of aromatic nitrogens is 1. The molecule has 22 heavy (non-hydrogen) atoms. The van der Waals surface area contributed by atoms with Crippen LogP contribution in [0, 0.1) is 6.92 Å². The molecule has 0 bridgehead atoms. The standard InChI is InChI=1S/C17H18N2O3/c1-13-4-2-5-14(12-13)9-11-19-10-3-6-15(17(19)21)7-8-16(20)18-22/h2-8,10,12,22H,9,11H2,1H3,(H,18,20)/b8-7+. The summed E-state index contributed by atoms with van der Waals surface area (Å²) in [6.45, 7) is 2.60. The van der Waals surface area contributed by atoms with Crippen LogP contribution in [-0.2, 0) is 17.8 Å². The molecule has 114 valence electrons. The Morgan fingerprint density at radius 2 is 2.14 bits per heavy atom. The molecule has 0 fully saturated rings. The third kappa shape index (κ3) is 4.17. The van der Waals surface area contributed by atoms with Gasteiger partial charge in [-0.15, -0.1) is 0 Å². The first kappa shape index (κ1) is 15.7. The lowest BCUT2D eigenvalue weighted by molar-refractivity contribution is -0.124. The Hall–Kier alpha value is -2.66. The molecule has 1 heterocycles. The molecule has 0 spiro atoms. The fourth-order valence-corrected chi connectivity index (χ4v) is 2.18. The zero-order valence-electron chi connectivity index (χ0n) is 12.3. The maximum Gasteiger partial charge on any atom is 0.267 e. The average molecular weight is 298 g/mol. The molecule has 0 aliphatic rings. The molecular formula is C17H18N2O3. The molecular weight excluding hydrogens is 280 g/mol. The summed E-state index contributed by atoms with van der Waals surface area (Å²) in [7, 11) is 0. The number of nitrogens with zero attached hydrogens (tertiary/aromatic N) is 1. The maximum atomic E-state index is 12.3. The van der Waals surface area contributed by atoms with Gasteiger partial charge in [-0.25, -0.2) is 5.48 Å². The van der Waals surface area contributed by atoms with E-state index >= 15 is 0 Å². The number of hydrogen-bond donors (Lipinski definition) is 2. The van der Waals surface area contributed by atoms with Crippen molar-refractivity contribution in [2.75, 3.05) is 0 Å². The molecule has 1 aromatic carbocycles. The minimum absolute atomic E-state index is 0.169. The van der Waals surface area contributed by atoms with E-state index in [4.69, 9.17) is 5.21 Å². The van der Waals surface area contributed by atoms with Crippen LogP contribution < -0.4 is 11.0 Å². The van der Waals surface area contributed by atoms with E-state index in [1.54, 1.807) is 22.9 Å². The maximum absolute atomic E-state index is 12.3. The number of carbonyl (C=O) groups is 1. The second kappa shape index (κ2) is 7.38. The summed E-state index contributed by atoms with van der Waals surface area (Å²) in [5, 5.41) is 8.44. The van der Waals surface area contributed by atoms with E-state index in [0.717, 1.165) is 12.5 Å². The van der Waals surface area contributed by atoms with Crippen molar-refractivity contribution in [1.29, 1.82) is 0 Å². The van der Waals surface area contributed by atoms with Crippen LogP contribution in [0.4, 0.5) is 0 Å². The molecule has 5 nitrogen and oxygen atoms in total. The Labute approximate surface area is 128 Å². The highest BCUT2D eigenvalue weighted by atomic mass is 16.5. The highest BCUT2D eigenvalue weighted by Gasteiger charge is 2.02. The van der Waals surface area contributed by atoms with Gasteiger partial charge in [0.2, 0.25) is 0 Å². The highest BCUT2D eigenvalue weighted by molar-refractivity contribution is 5.90. The number of carbonyl (C=O) groups excluding carboxylic acids is 1. The van der Waals surface area contributed by atoms with Crippen LogP contribution in [0.5, 0.6) is 0 Å². The zero-order chi connectivity index (χ0) is 15.9. The fraction of sp³-hybridized carbons (Fsp3) is 0.176. The summed E-state index contributed by atoms with van der Waals surface area (Å²) >= 11 is 0. The predicted molar refractivity (Wildman–Crippen MR) is 84.5 cm³/mol. The molecule has 1 aromatic heterocycles. The molecule has 0 atom stereocenters. The van der Waals surface area contributed by atoms with Crippen LogP contribution >= 0.6 is 0 Å². The SMILES string of the molecule is Cc1cccc(CCn2cccc(/C=C/C(=O)NO)c2=O)c1. The summed E-state index contributed by atoms with van der Waals surface area (Å²) < 4.78 is 1.61. The lowest BCUT2D eigenvalue weighted by Crippen LogP contribution is -2.22. The largest absolute Gasteiger partial charge is 0.315 e. The fourth-order valence-electron chi connectivity index (χ4n) is 2.18. The van der Waals surface area contributed by atoms with E-state index in [-0.39, 0.29) is 5.56 Å². The van der Waals surface area contributed by atoms with Crippen LogP contribution in [0.25, 0.3) is 6.08 Å². The predicted octanol–water partition coefficient (Wildman–Crippen LogP) is 1.92. The first-order valence-corrected chi connectivity index (χ1v) is 6.97. The van der Waals surface area contributed by atoms with Crippen molar-refractivity contribution >= 4 is 12.0 Å². The number of hydroxylamine groups is 1. The van der Waals surface area contributed by atoms with Crippen LogP contribution in [0.2, 0.25) is 0 Å².